The van der Waals surface area contributed by atoms with E-state index < -0.39 is 12.0 Å². The lowest BCUT2D eigenvalue weighted by atomic mass is 10.0. The van der Waals surface area contributed by atoms with Crippen molar-refractivity contribution >= 4 is 57.6 Å². The number of rotatable bonds is 5. The molecule has 0 bridgehead atoms. The fourth-order valence-corrected chi connectivity index (χ4v) is 4.09. The Balaban J connectivity index is 2.27. The van der Waals surface area contributed by atoms with Gasteiger partial charge in [-0.15, -0.1) is 11.3 Å². The molecule has 2 heterocycles. The second-order valence-electron chi connectivity index (χ2n) is 5.05. The van der Waals surface area contributed by atoms with Gasteiger partial charge in [0, 0.05) is 4.88 Å². The minimum absolute atomic E-state index is 0.164. The van der Waals surface area contributed by atoms with Crippen LogP contribution in [0, 0.1) is 5.92 Å². The van der Waals surface area contributed by atoms with Crippen molar-refractivity contribution in [1.29, 1.82) is 0 Å². The van der Waals surface area contributed by atoms with Crippen LogP contribution in [0.3, 0.4) is 0 Å². The van der Waals surface area contributed by atoms with Crippen molar-refractivity contribution in [3.05, 3.63) is 27.3 Å². The van der Waals surface area contributed by atoms with Gasteiger partial charge in [-0.3, -0.25) is 9.69 Å². The molecule has 0 aromatic carbocycles. The van der Waals surface area contributed by atoms with Gasteiger partial charge in [0.2, 0.25) is 0 Å². The van der Waals surface area contributed by atoms with Crippen LogP contribution < -0.4 is 0 Å². The van der Waals surface area contributed by atoms with E-state index >= 15 is 0 Å². The molecule has 7 heteroatoms. The molecule has 4 nitrogen and oxygen atoms in total. The summed E-state index contributed by atoms with van der Waals surface area (Å²) in [4.78, 5) is 26.6. The molecule has 1 N–H and O–H groups in total. The van der Waals surface area contributed by atoms with E-state index in [-0.39, 0.29) is 11.8 Å². The van der Waals surface area contributed by atoms with E-state index in [1.54, 1.807) is 6.08 Å². The third-order valence-electron chi connectivity index (χ3n) is 2.93. The number of hydrogen-bond acceptors (Lipinski definition) is 5. The van der Waals surface area contributed by atoms with E-state index in [1.807, 2.05) is 31.4 Å². The molecule has 2 rings (SSSR count). The van der Waals surface area contributed by atoms with Crippen LogP contribution in [0.5, 0.6) is 0 Å². The normalized spacial score (nSPS) is 18.8. The summed E-state index contributed by atoms with van der Waals surface area (Å²) >= 11 is 7.89. The van der Waals surface area contributed by atoms with Gasteiger partial charge < -0.3 is 5.11 Å². The second kappa shape index (κ2) is 6.72. The van der Waals surface area contributed by atoms with Crippen LogP contribution >= 0.6 is 35.3 Å². The molecule has 0 spiro atoms. The van der Waals surface area contributed by atoms with Crippen molar-refractivity contribution in [2.24, 2.45) is 5.92 Å². The van der Waals surface area contributed by atoms with E-state index in [0.29, 0.717) is 15.6 Å². The van der Waals surface area contributed by atoms with E-state index in [1.165, 1.54) is 28.0 Å². The fourth-order valence-electron chi connectivity index (χ4n) is 2.01. The number of amides is 1. The molecule has 0 saturated carbocycles. The molecule has 1 fully saturated rings. The predicted octanol–water partition coefficient (Wildman–Crippen LogP) is 3.45. The Morgan fingerprint density at radius 2 is 2.24 bits per heavy atom. The number of thiocarbonyl (C=S) groups is 1. The van der Waals surface area contributed by atoms with Crippen molar-refractivity contribution in [3.8, 4) is 0 Å². The highest BCUT2D eigenvalue weighted by molar-refractivity contribution is 8.26. The Morgan fingerprint density at radius 3 is 2.76 bits per heavy atom. The molecule has 0 radical (unpaired) electrons. The first kappa shape index (κ1) is 16.2. The summed E-state index contributed by atoms with van der Waals surface area (Å²) in [6.07, 6.45) is 2.15. The number of aliphatic carboxylic acids is 1. The van der Waals surface area contributed by atoms with Gasteiger partial charge in [0.25, 0.3) is 5.91 Å². The third-order valence-corrected chi connectivity index (χ3v) is 5.08. The van der Waals surface area contributed by atoms with E-state index in [4.69, 9.17) is 12.2 Å². The van der Waals surface area contributed by atoms with Crippen LogP contribution in [0.2, 0.25) is 0 Å². The average Bonchev–Trinajstić information content (AvgIpc) is 2.97. The maximum atomic E-state index is 12.5. The lowest BCUT2D eigenvalue weighted by molar-refractivity contribution is -0.145. The quantitative estimate of drug-likeness (QED) is 0.657. The summed E-state index contributed by atoms with van der Waals surface area (Å²) in [5, 5.41) is 11.3. The van der Waals surface area contributed by atoms with Crippen LogP contribution in [-0.4, -0.2) is 32.2 Å². The summed E-state index contributed by atoms with van der Waals surface area (Å²) in [5.41, 5.74) is 0. The van der Waals surface area contributed by atoms with Crippen molar-refractivity contribution in [1.82, 2.24) is 4.90 Å². The zero-order chi connectivity index (χ0) is 15.6. The average molecular weight is 341 g/mol. The molecule has 1 saturated heterocycles. The number of thioether (sulfide) groups is 1. The van der Waals surface area contributed by atoms with Gasteiger partial charge in [-0.25, -0.2) is 4.79 Å². The highest BCUT2D eigenvalue weighted by atomic mass is 32.2. The molecule has 1 atom stereocenters. The van der Waals surface area contributed by atoms with Crippen molar-refractivity contribution in [2.75, 3.05) is 0 Å². The van der Waals surface area contributed by atoms with E-state index in [0.717, 1.165) is 4.88 Å². The highest BCUT2D eigenvalue weighted by Crippen LogP contribution is 2.35. The van der Waals surface area contributed by atoms with Crippen LogP contribution in [0.25, 0.3) is 6.08 Å². The smallest absolute Gasteiger partial charge is 0.326 e. The van der Waals surface area contributed by atoms with Gasteiger partial charge >= 0.3 is 5.97 Å². The predicted molar refractivity (Wildman–Crippen MR) is 90.2 cm³/mol. The first-order chi connectivity index (χ1) is 9.90. The summed E-state index contributed by atoms with van der Waals surface area (Å²) in [6, 6.07) is 2.91. The van der Waals surface area contributed by atoms with Gasteiger partial charge in [-0.1, -0.05) is 43.9 Å². The maximum absolute atomic E-state index is 12.5. The first-order valence-electron chi connectivity index (χ1n) is 6.43. The molecular weight excluding hydrogens is 326 g/mol. The van der Waals surface area contributed by atoms with E-state index in [2.05, 4.69) is 0 Å². The molecule has 1 aromatic heterocycles. The third kappa shape index (κ3) is 3.72. The lowest BCUT2D eigenvalue weighted by Gasteiger charge is -2.24. The number of hydrogen-bond donors (Lipinski definition) is 1. The van der Waals surface area contributed by atoms with Crippen molar-refractivity contribution < 1.29 is 14.7 Å². The Hall–Kier alpha value is -1.18. The molecule has 1 aliphatic rings. The number of carboxylic acids is 1. The van der Waals surface area contributed by atoms with Crippen LogP contribution in [0.15, 0.2) is 22.4 Å². The van der Waals surface area contributed by atoms with Crippen molar-refractivity contribution in [3.63, 3.8) is 0 Å². The molecule has 112 valence electrons. The summed E-state index contributed by atoms with van der Waals surface area (Å²) in [7, 11) is 0. The van der Waals surface area contributed by atoms with Gasteiger partial charge in [0.05, 0.1) is 4.91 Å². The number of carboxylic acid groups (broad SMARTS) is 1. The SMILES string of the molecule is CC(C)CC(C(=O)O)N1C(=O)/C(=C\c2cccs2)SC1=S. The second-order valence-corrected chi connectivity index (χ2v) is 7.71. The Bertz CT molecular complexity index is 593. The maximum Gasteiger partial charge on any atom is 0.326 e. The standard InChI is InChI=1S/C14H15NO3S3/c1-8(2)6-10(13(17)18)15-12(16)11(21-14(15)19)7-9-4-3-5-20-9/h3-5,7-8,10H,6H2,1-2H3,(H,17,18)/b11-7+. The molecule has 0 aliphatic carbocycles. The fraction of sp³-hybridized carbons (Fsp3) is 0.357. The highest BCUT2D eigenvalue weighted by Gasteiger charge is 2.40. The van der Waals surface area contributed by atoms with Crippen LogP contribution in [0.4, 0.5) is 0 Å². The minimum Gasteiger partial charge on any atom is -0.480 e. The van der Waals surface area contributed by atoms with Crippen LogP contribution in [0.1, 0.15) is 25.1 Å². The largest absolute Gasteiger partial charge is 0.480 e. The number of nitrogens with zero attached hydrogens (tertiary/aromatic N) is 1. The molecule has 1 aromatic rings. The lowest BCUT2D eigenvalue weighted by Crippen LogP contribution is -2.44. The molecule has 1 unspecified atom stereocenters. The number of carbonyl (C=O) groups is 2. The van der Waals surface area contributed by atoms with E-state index in [9.17, 15) is 14.7 Å². The van der Waals surface area contributed by atoms with Gasteiger partial charge in [0.15, 0.2) is 0 Å². The Kier molecular flexibility index (Phi) is 5.18. The summed E-state index contributed by atoms with van der Waals surface area (Å²) < 4.78 is 0.316. The zero-order valence-corrected chi connectivity index (χ0v) is 14.1. The monoisotopic (exact) mass is 341 g/mol. The minimum atomic E-state index is -1.02. The molecule has 21 heavy (non-hydrogen) atoms. The number of thiophene rings is 1. The summed E-state index contributed by atoms with van der Waals surface area (Å²) in [5.74, 6) is -1.17. The van der Waals surface area contributed by atoms with Gasteiger partial charge in [-0.2, -0.15) is 0 Å². The first-order valence-corrected chi connectivity index (χ1v) is 8.54. The molecule has 1 aliphatic heterocycles. The van der Waals surface area contributed by atoms with Gasteiger partial charge in [-0.05, 0) is 29.9 Å². The van der Waals surface area contributed by atoms with Crippen molar-refractivity contribution in [2.45, 2.75) is 26.3 Å². The van der Waals surface area contributed by atoms with Crippen LogP contribution in [-0.2, 0) is 9.59 Å². The Morgan fingerprint density at radius 1 is 1.52 bits per heavy atom. The summed E-state index contributed by atoms with van der Waals surface area (Å²) in [6.45, 7) is 3.85. The molecular formula is C14H15NO3S3. The Labute approximate surface area is 136 Å². The topological polar surface area (TPSA) is 57.6 Å². The van der Waals surface area contributed by atoms with Gasteiger partial charge in [0.1, 0.15) is 10.4 Å². The number of carbonyl (C=O) groups excluding carboxylic acids is 1. The zero-order valence-electron chi connectivity index (χ0n) is 11.6. The molecule has 1 amide bonds.